The van der Waals surface area contributed by atoms with Crippen molar-refractivity contribution in [3.05, 3.63) is 29.8 Å². The van der Waals surface area contributed by atoms with E-state index in [9.17, 15) is 9.59 Å². The molecule has 4 heteroatoms. The number of rotatable bonds is 8. The zero-order valence-electron chi connectivity index (χ0n) is 15.1. The van der Waals surface area contributed by atoms with Gasteiger partial charge in [-0.05, 0) is 24.0 Å². The van der Waals surface area contributed by atoms with Gasteiger partial charge in [-0.2, -0.15) is 0 Å². The molecule has 2 amide bonds. The Hall–Kier alpha value is -1.84. The molecular formula is C19H30N2O2. The summed E-state index contributed by atoms with van der Waals surface area (Å²) in [7, 11) is 1.83. The molecule has 0 N–H and O–H groups in total. The van der Waals surface area contributed by atoms with E-state index in [1.807, 2.05) is 31.3 Å². The van der Waals surface area contributed by atoms with Gasteiger partial charge in [-0.25, -0.2) is 0 Å². The molecule has 0 saturated heterocycles. The minimum atomic E-state index is -0.0258. The minimum Gasteiger partial charge on any atom is -0.346 e. The maximum absolute atomic E-state index is 12.2. The first kappa shape index (κ1) is 19.2. The molecule has 0 aromatic heterocycles. The van der Waals surface area contributed by atoms with E-state index in [-0.39, 0.29) is 11.8 Å². The number of anilines is 1. The first-order valence-electron chi connectivity index (χ1n) is 8.49. The first-order chi connectivity index (χ1) is 10.9. The normalized spacial score (nSPS) is 10.7. The lowest BCUT2D eigenvalue weighted by atomic mass is 10.0. The molecule has 23 heavy (non-hydrogen) atoms. The molecule has 0 bridgehead atoms. The lowest BCUT2D eigenvalue weighted by Crippen LogP contribution is -2.35. The van der Waals surface area contributed by atoms with E-state index in [1.54, 1.807) is 16.7 Å². The average Bonchev–Trinajstić information content (AvgIpc) is 2.52. The molecule has 0 atom stereocenters. The molecule has 0 saturated carbocycles. The van der Waals surface area contributed by atoms with Crippen LogP contribution in [0, 0.1) is 0 Å². The third-order valence-corrected chi connectivity index (χ3v) is 4.05. The van der Waals surface area contributed by atoms with Crippen molar-refractivity contribution >= 4 is 17.5 Å². The fraction of sp³-hybridized carbons (Fsp3) is 0.579. The van der Waals surface area contributed by atoms with Crippen LogP contribution in [0.5, 0.6) is 0 Å². The summed E-state index contributed by atoms with van der Waals surface area (Å²) in [5, 5.41) is 0. The first-order valence-corrected chi connectivity index (χ1v) is 8.49. The smallest absolute Gasteiger partial charge is 0.224 e. The van der Waals surface area contributed by atoms with E-state index in [2.05, 4.69) is 20.8 Å². The van der Waals surface area contributed by atoms with Crippen molar-refractivity contribution in [1.29, 1.82) is 0 Å². The van der Waals surface area contributed by atoms with E-state index < -0.39 is 0 Å². The Morgan fingerprint density at radius 2 is 1.78 bits per heavy atom. The topological polar surface area (TPSA) is 40.6 Å². The van der Waals surface area contributed by atoms with Crippen molar-refractivity contribution in [2.24, 2.45) is 0 Å². The third kappa shape index (κ3) is 5.70. The molecule has 0 aliphatic rings. The molecule has 1 aromatic carbocycles. The van der Waals surface area contributed by atoms with Gasteiger partial charge in [0.05, 0.1) is 0 Å². The van der Waals surface area contributed by atoms with E-state index in [0.29, 0.717) is 18.9 Å². The van der Waals surface area contributed by atoms with Crippen LogP contribution in [0.4, 0.5) is 5.69 Å². The molecule has 4 nitrogen and oxygen atoms in total. The number of nitrogens with zero attached hydrogens (tertiary/aromatic N) is 2. The van der Waals surface area contributed by atoms with Crippen molar-refractivity contribution < 1.29 is 9.59 Å². The average molecular weight is 318 g/mol. The number of unbranched alkanes of at least 4 members (excludes halogenated alkanes) is 1. The van der Waals surface area contributed by atoms with Gasteiger partial charge in [-0.1, -0.05) is 45.4 Å². The number of para-hydroxylation sites is 1. The van der Waals surface area contributed by atoms with Crippen LogP contribution in [0.1, 0.15) is 58.4 Å². The van der Waals surface area contributed by atoms with Crippen molar-refractivity contribution in [2.45, 2.75) is 52.9 Å². The Bertz CT molecular complexity index is 526. The second-order valence-electron chi connectivity index (χ2n) is 6.30. The quantitative estimate of drug-likeness (QED) is 0.731. The molecule has 0 radical (unpaired) electrons. The second-order valence-corrected chi connectivity index (χ2v) is 6.30. The lowest BCUT2D eigenvalue weighted by Gasteiger charge is -2.26. The number of hydrogen-bond donors (Lipinski definition) is 0. The summed E-state index contributed by atoms with van der Waals surface area (Å²) < 4.78 is 0. The van der Waals surface area contributed by atoms with E-state index in [0.717, 1.165) is 30.6 Å². The van der Waals surface area contributed by atoms with Crippen LogP contribution in [0.15, 0.2) is 24.3 Å². The fourth-order valence-electron chi connectivity index (χ4n) is 2.59. The molecule has 0 aliphatic heterocycles. The predicted molar refractivity (Wildman–Crippen MR) is 95.7 cm³/mol. The lowest BCUT2D eigenvalue weighted by molar-refractivity contribution is -0.129. The van der Waals surface area contributed by atoms with Gasteiger partial charge in [0.2, 0.25) is 11.8 Å². The monoisotopic (exact) mass is 318 g/mol. The molecule has 0 unspecified atom stereocenters. The van der Waals surface area contributed by atoms with Gasteiger partial charge in [0.1, 0.15) is 0 Å². The van der Waals surface area contributed by atoms with Gasteiger partial charge >= 0.3 is 0 Å². The Balaban J connectivity index is 2.81. The van der Waals surface area contributed by atoms with Gasteiger partial charge in [0.15, 0.2) is 0 Å². The molecule has 0 spiro atoms. The summed E-state index contributed by atoms with van der Waals surface area (Å²) in [5.41, 5.74) is 2.05. The Morgan fingerprint density at radius 3 is 2.35 bits per heavy atom. The van der Waals surface area contributed by atoms with Crippen LogP contribution >= 0.6 is 0 Å². The molecule has 128 valence electrons. The number of hydrogen-bond acceptors (Lipinski definition) is 2. The van der Waals surface area contributed by atoms with Crippen molar-refractivity contribution in [3.63, 3.8) is 0 Å². The summed E-state index contributed by atoms with van der Waals surface area (Å²) >= 11 is 0. The molecule has 0 heterocycles. The predicted octanol–water partition coefficient (Wildman–Crippen LogP) is 3.81. The van der Waals surface area contributed by atoms with Gasteiger partial charge in [-0.3, -0.25) is 9.59 Å². The Kier molecular flexibility index (Phi) is 7.79. The van der Waals surface area contributed by atoms with Crippen LogP contribution in [0.25, 0.3) is 0 Å². The summed E-state index contributed by atoms with van der Waals surface area (Å²) in [4.78, 5) is 27.8. The van der Waals surface area contributed by atoms with Crippen LogP contribution < -0.4 is 4.90 Å². The summed E-state index contributed by atoms with van der Waals surface area (Å²) in [5.74, 6) is 0.393. The van der Waals surface area contributed by atoms with Crippen molar-refractivity contribution in [3.8, 4) is 0 Å². The zero-order valence-corrected chi connectivity index (χ0v) is 15.1. The van der Waals surface area contributed by atoms with Crippen LogP contribution in [-0.2, 0) is 9.59 Å². The van der Waals surface area contributed by atoms with Crippen molar-refractivity contribution in [1.82, 2.24) is 4.90 Å². The molecule has 0 fully saturated rings. The largest absolute Gasteiger partial charge is 0.346 e. The third-order valence-electron chi connectivity index (χ3n) is 4.05. The summed E-state index contributed by atoms with van der Waals surface area (Å²) in [6.07, 6.45) is 2.43. The van der Waals surface area contributed by atoms with Gasteiger partial charge in [-0.15, -0.1) is 0 Å². The SMILES string of the molecule is CCCCN(C)C(=O)CCN(C(C)=O)c1ccccc1C(C)C. The molecule has 1 rings (SSSR count). The highest BCUT2D eigenvalue weighted by Gasteiger charge is 2.18. The number of benzene rings is 1. The summed E-state index contributed by atoms with van der Waals surface area (Å²) in [6, 6.07) is 7.93. The van der Waals surface area contributed by atoms with Crippen molar-refractivity contribution in [2.75, 3.05) is 25.0 Å². The standard InChI is InChI=1S/C19H30N2O2/c1-6-7-13-20(5)19(23)12-14-21(16(4)22)18-11-9-8-10-17(18)15(2)3/h8-11,15H,6-7,12-14H2,1-5H3. The van der Waals surface area contributed by atoms with Crippen LogP contribution in [0.2, 0.25) is 0 Å². The van der Waals surface area contributed by atoms with Crippen LogP contribution in [-0.4, -0.2) is 36.9 Å². The van der Waals surface area contributed by atoms with Gasteiger partial charge < -0.3 is 9.80 Å². The maximum atomic E-state index is 12.2. The maximum Gasteiger partial charge on any atom is 0.224 e. The van der Waals surface area contributed by atoms with Gasteiger partial charge in [0.25, 0.3) is 0 Å². The summed E-state index contributed by atoms with van der Waals surface area (Å²) in [6.45, 7) is 9.09. The Morgan fingerprint density at radius 1 is 1.13 bits per heavy atom. The highest BCUT2D eigenvalue weighted by molar-refractivity contribution is 5.93. The van der Waals surface area contributed by atoms with Gasteiger partial charge in [0, 0.05) is 39.2 Å². The van der Waals surface area contributed by atoms with E-state index in [4.69, 9.17) is 0 Å². The minimum absolute atomic E-state index is 0.0258. The fourth-order valence-corrected chi connectivity index (χ4v) is 2.59. The number of carbonyl (C=O) groups excluding carboxylic acids is 2. The number of amides is 2. The van der Waals surface area contributed by atoms with E-state index in [1.165, 1.54) is 0 Å². The van der Waals surface area contributed by atoms with Crippen LogP contribution in [0.3, 0.4) is 0 Å². The molecule has 0 aliphatic carbocycles. The van der Waals surface area contributed by atoms with E-state index >= 15 is 0 Å². The zero-order chi connectivity index (χ0) is 17.4. The highest BCUT2D eigenvalue weighted by atomic mass is 16.2. The number of carbonyl (C=O) groups is 2. The Labute approximate surface area is 140 Å². The highest BCUT2D eigenvalue weighted by Crippen LogP contribution is 2.27. The molecular weight excluding hydrogens is 288 g/mol. The second kappa shape index (κ2) is 9.33. The molecule has 1 aromatic rings.